The van der Waals surface area contributed by atoms with E-state index in [-0.39, 0.29) is 5.91 Å². The Kier molecular flexibility index (Phi) is 6.75. The van der Waals surface area contributed by atoms with Crippen molar-refractivity contribution in [2.75, 3.05) is 19.6 Å². The minimum Gasteiger partial charge on any atom is -0.465 e. The molecule has 1 N–H and O–H groups in total. The lowest BCUT2D eigenvalue weighted by Crippen LogP contribution is -2.51. The van der Waals surface area contributed by atoms with Gasteiger partial charge < -0.3 is 19.3 Å². The molecule has 0 radical (unpaired) electrons. The number of rotatable bonds is 6. The molecule has 0 unspecified atom stereocenters. The summed E-state index contributed by atoms with van der Waals surface area (Å²) in [7, 11) is -1.56. The Morgan fingerprint density at radius 2 is 1.75 bits per heavy atom. The summed E-state index contributed by atoms with van der Waals surface area (Å²) in [6, 6.07) is 3.88. The Balaban J connectivity index is 1.57. The van der Waals surface area contributed by atoms with Crippen LogP contribution in [0.4, 0.5) is 4.79 Å². The molecule has 3 aliphatic rings. The fraction of sp³-hybridized carbons (Fsp3) is 0.905. The van der Waals surface area contributed by atoms with Gasteiger partial charge in [-0.1, -0.05) is 20.8 Å². The third kappa shape index (κ3) is 4.11. The number of carboxylic acid groups (broad SMARTS) is 1. The largest absolute Gasteiger partial charge is 0.465 e. The van der Waals surface area contributed by atoms with Gasteiger partial charge in [0.25, 0.3) is 0 Å². The Morgan fingerprint density at radius 3 is 2.32 bits per heavy atom. The molecule has 0 aromatic rings. The maximum Gasteiger partial charge on any atom is 0.407 e. The summed E-state index contributed by atoms with van der Waals surface area (Å²) < 4.78 is 6.68. The van der Waals surface area contributed by atoms with E-state index in [1.807, 2.05) is 0 Å². The minimum absolute atomic E-state index is 0.210. The summed E-state index contributed by atoms with van der Waals surface area (Å²) in [5.41, 5.74) is -0.460. The molecular formula is C21H38N2O4Si. The predicted octanol–water partition coefficient (Wildman–Crippen LogP) is 4.31. The number of piperidine rings is 1. The SMILES string of the molecule is CC[Si](CC)(CC)OC1CCC(N2CC[C@@]3(CCCN(C(=O)O)C3)C2=O)CC1. The molecule has 2 heterocycles. The third-order valence-electron chi connectivity index (χ3n) is 7.83. The van der Waals surface area contributed by atoms with E-state index in [0.717, 1.165) is 51.5 Å². The van der Waals surface area contributed by atoms with Crippen LogP contribution < -0.4 is 0 Å². The molecule has 2 saturated heterocycles. The zero-order valence-corrected chi connectivity index (χ0v) is 18.9. The van der Waals surface area contributed by atoms with Gasteiger partial charge in [0.2, 0.25) is 5.91 Å². The van der Waals surface area contributed by atoms with Crippen LogP contribution in [0.25, 0.3) is 0 Å². The fourth-order valence-electron chi connectivity index (χ4n) is 5.70. The summed E-state index contributed by atoms with van der Waals surface area (Å²) in [6.45, 7) is 8.56. The molecule has 0 bridgehead atoms. The van der Waals surface area contributed by atoms with Crippen LogP contribution in [0.3, 0.4) is 0 Å². The molecule has 7 heteroatoms. The van der Waals surface area contributed by atoms with Crippen molar-refractivity contribution in [2.24, 2.45) is 5.41 Å². The van der Waals surface area contributed by atoms with Crippen LogP contribution in [0.2, 0.25) is 18.1 Å². The number of likely N-dealkylation sites (tertiary alicyclic amines) is 2. The third-order valence-corrected chi connectivity index (χ3v) is 12.5. The van der Waals surface area contributed by atoms with Gasteiger partial charge in [-0.05, 0) is 63.1 Å². The number of carbonyl (C=O) groups is 2. The first-order chi connectivity index (χ1) is 13.4. The van der Waals surface area contributed by atoms with Crippen molar-refractivity contribution in [3.05, 3.63) is 0 Å². The summed E-state index contributed by atoms with van der Waals surface area (Å²) in [6.07, 6.45) is 6.07. The van der Waals surface area contributed by atoms with Crippen molar-refractivity contribution in [3.8, 4) is 0 Å². The standard InChI is InChI=1S/C21H38N2O4Si/c1-4-28(5-2,6-3)27-18-10-8-17(9-11-18)23-15-13-21(19(23)24)12-7-14-22(16-21)20(25)26/h17-18H,4-16H2,1-3H3,(H,25,26)/t17?,18?,21-/m1/s1. The molecule has 3 rings (SSSR count). The predicted molar refractivity (Wildman–Crippen MR) is 112 cm³/mol. The monoisotopic (exact) mass is 410 g/mol. The molecular weight excluding hydrogens is 372 g/mol. The molecule has 1 aliphatic carbocycles. The first kappa shape index (κ1) is 21.6. The number of nitrogens with zero attached hydrogens (tertiary/aromatic N) is 2. The second-order valence-electron chi connectivity index (χ2n) is 9.13. The van der Waals surface area contributed by atoms with E-state index in [0.29, 0.717) is 25.2 Å². The van der Waals surface area contributed by atoms with Crippen molar-refractivity contribution in [2.45, 2.75) is 96.0 Å². The first-order valence-electron chi connectivity index (χ1n) is 11.4. The fourth-order valence-corrected chi connectivity index (χ4v) is 8.64. The zero-order valence-electron chi connectivity index (χ0n) is 17.9. The topological polar surface area (TPSA) is 70.1 Å². The van der Waals surface area contributed by atoms with Gasteiger partial charge in [-0.15, -0.1) is 0 Å². The lowest BCUT2D eigenvalue weighted by atomic mass is 9.78. The molecule has 160 valence electrons. The highest BCUT2D eigenvalue weighted by Crippen LogP contribution is 2.43. The molecule has 28 heavy (non-hydrogen) atoms. The van der Waals surface area contributed by atoms with Gasteiger partial charge in [-0.25, -0.2) is 4.79 Å². The van der Waals surface area contributed by atoms with Gasteiger partial charge in [0, 0.05) is 31.8 Å². The van der Waals surface area contributed by atoms with Gasteiger partial charge in [0.1, 0.15) is 0 Å². The van der Waals surface area contributed by atoms with Crippen LogP contribution in [-0.4, -0.2) is 67.0 Å². The highest BCUT2D eigenvalue weighted by atomic mass is 28.4. The molecule has 1 atom stereocenters. The maximum atomic E-state index is 13.3. The second kappa shape index (κ2) is 8.74. The highest BCUT2D eigenvalue weighted by Gasteiger charge is 2.51. The van der Waals surface area contributed by atoms with E-state index in [9.17, 15) is 14.7 Å². The molecule has 2 aliphatic heterocycles. The number of carbonyl (C=O) groups excluding carboxylic acids is 1. The first-order valence-corrected chi connectivity index (χ1v) is 13.9. The summed E-state index contributed by atoms with van der Waals surface area (Å²) in [5, 5.41) is 9.36. The van der Waals surface area contributed by atoms with E-state index in [1.54, 1.807) is 0 Å². The molecule has 0 aromatic carbocycles. The average Bonchev–Trinajstić information content (AvgIpc) is 3.02. The number of hydrogen-bond acceptors (Lipinski definition) is 3. The van der Waals surface area contributed by atoms with Gasteiger partial charge in [0.05, 0.1) is 5.41 Å². The molecule has 6 nitrogen and oxygen atoms in total. The van der Waals surface area contributed by atoms with Crippen molar-refractivity contribution >= 4 is 20.3 Å². The Labute approximate surface area is 170 Å². The molecule has 0 aromatic heterocycles. The molecule has 3 fully saturated rings. The molecule has 1 spiro atoms. The van der Waals surface area contributed by atoms with Crippen LogP contribution in [0.15, 0.2) is 0 Å². The van der Waals surface area contributed by atoms with Gasteiger partial charge >= 0.3 is 6.09 Å². The normalized spacial score (nSPS) is 31.6. The van der Waals surface area contributed by atoms with Gasteiger partial charge in [-0.2, -0.15) is 0 Å². The van der Waals surface area contributed by atoms with E-state index in [2.05, 4.69) is 25.7 Å². The van der Waals surface area contributed by atoms with Gasteiger partial charge in [-0.3, -0.25) is 4.79 Å². The quantitative estimate of drug-likeness (QED) is 0.662. The van der Waals surface area contributed by atoms with E-state index >= 15 is 0 Å². The molecule has 2 amide bonds. The molecule has 1 saturated carbocycles. The lowest BCUT2D eigenvalue weighted by molar-refractivity contribution is -0.141. The van der Waals surface area contributed by atoms with Crippen molar-refractivity contribution in [1.82, 2.24) is 9.80 Å². The van der Waals surface area contributed by atoms with Crippen molar-refractivity contribution < 1.29 is 19.1 Å². The minimum atomic E-state index is -1.56. The van der Waals surface area contributed by atoms with Gasteiger partial charge in [0.15, 0.2) is 8.32 Å². The van der Waals surface area contributed by atoms with E-state index < -0.39 is 19.8 Å². The highest BCUT2D eigenvalue weighted by molar-refractivity contribution is 6.73. The summed E-state index contributed by atoms with van der Waals surface area (Å²) >= 11 is 0. The van der Waals surface area contributed by atoms with Crippen LogP contribution in [0.1, 0.15) is 65.7 Å². The van der Waals surface area contributed by atoms with Crippen LogP contribution in [-0.2, 0) is 9.22 Å². The summed E-state index contributed by atoms with van der Waals surface area (Å²) in [4.78, 5) is 28.2. The number of hydrogen-bond donors (Lipinski definition) is 1. The Morgan fingerprint density at radius 1 is 1.11 bits per heavy atom. The van der Waals surface area contributed by atoms with Crippen molar-refractivity contribution in [3.63, 3.8) is 0 Å². The maximum absolute atomic E-state index is 13.3. The van der Waals surface area contributed by atoms with Crippen LogP contribution >= 0.6 is 0 Å². The average molecular weight is 411 g/mol. The smallest absolute Gasteiger partial charge is 0.407 e. The Bertz CT molecular complexity index is 566. The summed E-state index contributed by atoms with van der Waals surface area (Å²) in [5.74, 6) is 0.210. The lowest BCUT2D eigenvalue weighted by Gasteiger charge is -2.41. The second-order valence-corrected chi connectivity index (χ2v) is 13.9. The Hall–Kier alpha value is -1.08. The van der Waals surface area contributed by atoms with Crippen molar-refractivity contribution in [1.29, 1.82) is 0 Å². The van der Waals surface area contributed by atoms with E-state index in [1.165, 1.54) is 23.0 Å². The van der Waals surface area contributed by atoms with E-state index in [4.69, 9.17) is 4.43 Å². The zero-order chi connectivity index (χ0) is 20.4. The number of amides is 2. The van der Waals surface area contributed by atoms with Crippen LogP contribution in [0.5, 0.6) is 0 Å². The van der Waals surface area contributed by atoms with Crippen LogP contribution in [0, 0.1) is 5.41 Å².